The summed E-state index contributed by atoms with van der Waals surface area (Å²) in [5.41, 5.74) is 6.22. The molecule has 0 fully saturated rings. The van der Waals surface area contributed by atoms with Crippen molar-refractivity contribution >= 4 is 40.7 Å². The van der Waals surface area contributed by atoms with Crippen LogP contribution in [0.15, 0.2) is 34.6 Å². The molecule has 0 bridgehead atoms. The van der Waals surface area contributed by atoms with Crippen molar-refractivity contribution in [1.82, 2.24) is 24.3 Å². The van der Waals surface area contributed by atoms with Crippen molar-refractivity contribution in [3.8, 4) is 0 Å². The third-order valence-electron chi connectivity index (χ3n) is 3.63. The van der Waals surface area contributed by atoms with Crippen LogP contribution in [0.2, 0.25) is 10.3 Å². The van der Waals surface area contributed by atoms with Crippen LogP contribution in [0, 0.1) is 10.1 Å². The van der Waals surface area contributed by atoms with Gasteiger partial charge in [0.1, 0.15) is 5.15 Å². The Morgan fingerprint density at radius 2 is 2.12 bits per heavy atom. The van der Waals surface area contributed by atoms with Gasteiger partial charge in [0.2, 0.25) is 0 Å². The third-order valence-corrected chi connectivity index (χ3v) is 5.50. The summed E-state index contributed by atoms with van der Waals surface area (Å²) in [6.45, 7) is 0.547. The van der Waals surface area contributed by atoms with Gasteiger partial charge in [-0.2, -0.15) is 0 Å². The van der Waals surface area contributed by atoms with Crippen LogP contribution in [0.1, 0.15) is 11.4 Å². The number of benzene rings is 1. The molecule has 9 nitrogen and oxygen atoms in total. The highest BCUT2D eigenvalue weighted by Gasteiger charge is 2.19. The molecular weight excluding hydrogens is 401 g/mol. The first-order chi connectivity index (χ1) is 12.4. The fourth-order valence-electron chi connectivity index (χ4n) is 2.19. The molecule has 0 aliphatic heterocycles. The Morgan fingerprint density at radius 3 is 2.73 bits per heavy atom. The lowest BCUT2D eigenvalue weighted by molar-refractivity contribution is -0.387. The van der Waals surface area contributed by atoms with E-state index in [2.05, 4.69) is 15.2 Å². The number of aromatic nitrogens is 5. The first-order valence-corrected chi connectivity index (χ1v) is 8.87. The lowest BCUT2D eigenvalue weighted by Crippen LogP contribution is -2.06. The molecule has 0 unspecified atom stereocenters. The predicted octanol–water partition coefficient (Wildman–Crippen LogP) is 2.88. The average Bonchev–Trinajstić information content (AvgIpc) is 3.13. The lowest BCUT2D eigenvalue weighted by atomic mass is 10.2. The zero-order chi connectivity index (χ0) is 18.8. The molecule has 0 saturated carbocycles. The summed E-state index contributed by atoms with van der Waals surface area (Å²) in [5, 5.41) is 20.6. The molecule has 2 aromatic heterocycles. The number of rotatable bonds is 6. The van der Waals surface area contributed by atoms with E-state index in [0.29, 0.717) is 33.1 Å². The first-order valence-electron chi connectivity index (χ1n) is 7.30. The SMILES string of the molecule is Cn1c(Cn2cnc(Cl)c2Cl)nnc1Sc1ccc(CN)cc1[N+](=O)[O-]. The Bertz CT molecular complexity index is 972. The highest BCUT2D eigenvalue weighted by atomic mass is 35.5. The topological polar surface area (TPSA) is 118 Å². The maximum atomic E-state index is 11.3. The standard InChI is InChI=1S/C14H13Cl2N7O2S/c1-21-11(6-22-7-18-12(15)13(22)16)19-20-14(21)26-10-3-2-8(5-17)4-9(10)23(24)25/h2-4,7H,5-6,17H2,1H3. The van der Waals surface area contributed by atoms with Gasteiger partial charge in [0.25, 0.3) is 5.69 Å². The maximum Gasteiger partial charge on any atom is 0.283 e. The number of halogens is 2. The summed E-state index contributed by atoms with van der Waals surface area (Å²) in [7, 11) is 1.77. The van der Waals surface area contributed by atoms with Crippen LogP contribution in [0.25, 0.3) is 0 Å². The second-order valence-electron chi connectivity index (χ2n) is 5.28. The summed E-state index contributed by atoms with van der Waals surface area (Å²) >= 11 is 13.0. The zero-order valence-electron chi connectivity index (χ0n) is 13.5. The van der Waals surface area contributed by atoms with E-state index in [1.807, 2.05) is 0 Å². The van der Waals surface area contributed by atoms with Gasteiger partial charge < -0.3 is 14.9 Å². The second-order valence-corrected chi connectivity index (χ2v) is 7.00. The molecule has 0 aliphatic rings. The maximum absolute atomic E-state index is 11.3. The van der Waals surface area contributed by atoms with Crippen LogP contribution in [-0.4, -0.2) is 29.2 Å². The smallest absolute Gasteiger partial charge is 0.283 e. The molecule has 1 aromatic carbocycles. The molecule has 0 spiro atoms. The second kappa shape index (κ2) is 7.62. The van der Waals surface area contributed by atoms with Crippen LogP contribution < -0.4 is 5.73 Å². The van der Waals surface area contributed by atoms with Crippen molar-refractivity contribution < 1.29 is 4.92 Å². The van der Waals surface area contributed by atoms with Crippen molar-refractivity contribution in [2.24, 2.45) is 12.8 Å². The van der Waals surface area contributed by atoms with Gasteiger partial charge in [-0.05, 0) is 23.4 Å². The van der Waals surface area contributed by atoms with E-state index in [9.17, 15) is 10.1 Å². The highest BCUT2D eigenvalue weighted by Crippen LogP contribution is 2.34. The predicted molar refractivity (Wildman–Crippen MR) is 97.5 cm³/mol. The Labute approximate surface area is 162 Å². The van der Waals surface area contributed by atoms with E-state index < -0.39 is 4.92 Å². The number of hydrogen-bond donors (Lipinski definition) is 1. The van der Waals surface area contributed by atoms with E-state index in [-0.39, 0.29) is 17.4 Å². The fraction of sp³-hybridized carbons (Fsp3) is 0.214. The Kier molecular flexibility index (Phi) is 5.47. The Hall–Kier alpha value is -2.14. The quantitative estimate of drug-likeness (QED) is 0.487. The molecule has 0 amide bonds. The Morgan fingerprint density at radius 1 is 1.35 bits per heavy atom. The number of hydrogen-bond acceptors (Lipinski definition) is 7. The number of nitrogens with two attached hydrogens (primary N) is 1. The van der Waals surface area contributed by atoms with Gasteiger partial charge in [-0.15, -0.1) is 10.2 Å². The van der Waals surface area contributed by atoms with Gasteiger partial charge in [-0.1, -0.05) is 29.3 Å². The fourth-order valence-corrected chi connectivity index (χ4v) is 3.39. The minimum absolute atomic E-state index is 0.0214. The summed E-state index contributed by atoms with van der Waals surface area (Å²) in [6, 6.07) is 4.87. The van der Waals surface area contributed by atoms with E-state index >= 15 is 0 Å². The molecule has 0 aliphatic carbocycles. The van der Waals surface area contributed by atoms with Gasteiger partial charge in [0.15, 0.2) is 16.1 Å². The molecule has 2 N–H and O–H groups in total. The van der Waals surface area contributed by atoms with Crippen molar-refractivity contribution in [3.05, 3.63) is 56.3 Å². The number of nitrogens with zero attached hydrogens (tertiary/aromatic N) is 6. The molecule has 3 rings (SSSR count). The molecule has 0 radical (unpaired) electrons. The van der Waals surface area contributed by atoms with Gasteiger partial charge in [-0.25, -0.2) is 4.98 Å². The van der Waals surface area contributed by atoms with Gasteiger partial charge >= 0.3 is 0 Å². The van der Waals surface area contributed by atoms with Crippen molar-refractivity contribution in [3.63, 3.8) is 0 Å². The van der Waals surface area contributed by atoms with Crippen molar-refractivity contribution in [1.29, 1.82) is 0 Å². The molecular formula is C14H13Cl2N7O2S. The van der Waals surface area contributed by atoms with E-state index in [1.54, 1.807) is 28.3 Å². The van der Waals surface area contributed by atoms with E-state index in [4.69, 9.17) is 28.9 Å². The van der Waals surface area contributed by atoms with Gasteiger partial charge in [-0.3, -0.25) is 10.1 Å². The summed E-state index contributed by atoms with van der Waals surface area (Å²) in [5.74, 6) is 0.602. The van der Waals surface area contributed by atoms with Gasteiger partial charge in [0, 0.05) is 19.7 Å². The zero-order valence-corrected chi connectivity index (χ0v) is 15.8. The molecule has 2 heterocycles. The molecule has 0 saturated heterocycles. The van der Waals surface area contributed by atoms with E-state index in [0.717, 1.165) is 11.8 Å². The molecule has 3 aromatic rings. The number of nitro groups is 1. The molecule has 12 heteroatoms. The number of imidazole rings is 1. The molecule has 26 heavy (non-hydrogen) atoms. The van der Waals surface area contributed by atoms with Crippen LogP contribution in [0.3, 0.4) is 0 Å². The first kappa shape index (κ1) is 18.6. The summed E-state index contributed by atoms with van der Waals surface area (Å²) in [4.78, 5) is 15.3. The van der Waals surface area contributed by atoms with Crippen molar-refractivity contribution in [2.45, 2.75) is 23.1 Å². The van der Waals surface area contributed by atoms with Crippen LogP contribution in [0.5, 0.6) is 0 Å². The minimum Gasteiger partial charge on any atom is -0.326 e. The van der Waals surface area contributed by atoms with Crippen LogP contribution in [-0.2, 0) is 20.1 Å². The minimum atomic E-state index is -0.438. The summed E-state index contributed by atoms with van der Waals surface area (Å²) in [6.07, 6.45) is 1.50. The van der Waals surface area contributed by atoms with Crippen molar-refractivity contribution in [2.75, 3.05) is 0 Å². The van der Waals surface area contributed by atoms with Crippen LogP contribution in [0.4, 0.5) is 5.69 Å². The Balaban J connectivity index is 1.87. The average molecular weight is 414 g/mol. The monoisotopic (exact) mass is 413 g/mol. The number of nitro benzene ring substituents is 1. The highest BCUT2D eigenvalue weighted by molar-refractivity contribution is 7.99. The third kappa shape index (κ3) is 3.68. The molecule has 136 valence electrons. The van der Waals surface area contributed by atoms with Crippen LogP contribution >= 0.6 is 35.0 Å². The lowest BCUT2D eigenvalue weighted by Gasteiger charge is -2.06. The normalized spacial score (nSPS) is 11.1. The molecule has 0 atom stereocenters. The largest absolute Gasteiger partial charge is 0.326 e. The van der Waals surface area contributed by atoms with E-state index in [1.165, 1.54) is 12.4 Å². The summed E-state index contributed by atoms with van der Waals surface area (Å²) < 4.78 is 3.36. The van der Waals surface area contributed by atoms with Gasteiger partial charge in [0.05, 0.1) is 22.7 Å².